The number of amides is 2. The van der Waals surface area contributed by atoms with E-state index in [2.05, 4.69) is 35.9 Å². The maximum Gasteiger partial charge on any atom is 0.276 e. The van der Waals surface area contributed by atoms with Crippen molar-refractivity contribution >= 4 is 11.8 Å². The molecule has 2 aliphatic rings. The predicted molar refractivity (Wildman–Crippen MR) is 136 cm³/mol. The lowest BCUT2D eigenvalue weighted by Crippen LogP contribution is -2.28. The number of ether oxygens (including phenoxy) is 1. The summed E-state index contributed by atoms with van der Waals surface area (Å²) in [4.78, 5) is 30.6. The molecule has 0 saturated carbocycles. The molecule has 11 heteroatoms. The Morgan fingerprint density at radius 1 is 1.19 bits per heavy atom. The van der Waals surface area contributed by atoms with E-state index in [4.69, 9.17) is 9.26 Å². The number of allylic oxidation sites excluding steroid dienone is 3. The minimum absolute atomic E-state index is 0.0959. The maximum absolute atomic E-state index is 12.2. The molecule has 194 valence electrons. The molecule has 1 aliphatic heterocycles. The minimum Gasteiger partial charge on any atom is -0.492 e. The Balaban J connectivity index is 1.16. The molecule has 11 nitrogen and oxygen atoms in total. The molecule has 2 heterocycles. The number of carbonyl (C=O) groups is 2. The van der Waals surface area contributed by atoms with Gasteiger partial charge in [0.15, 0.2) is 5.82 Å². The van der Waals surface area contributed by atoms with Crippen LogP contribution in [0.25, 0.3) is 11.4 Å². The van der Waals surface area contributed by atoms with Crippen LogP contribution in [0, 0.1) is 5.92 Å². The predicted octanol–water partition coefficient (Wildman–Crippen LogP) is 2.65. The number of azo groups is 1. The van der Waals surface area contributed by atoms with Crippen LogP contribution in [0.3, 0.4) is 0 Å². The van der Waals surface area contributed by atoms with Crippen LogP contribution in [0.15, 0.2) is 74.7 Å². The number of benzene rings is 1. The summed E-state index contributed by atoms with van der Waals surface area (Å²) in [5.74, 6) is 1.46. The first kappa shape index (κ1) is 26.0. The van der Waals surface area contributed by atoms with Gasteiger partial charge in [0.1, 0.15) is 12.4 Å². The molecule has 2 amide bonds. The Bertz CT molecular complexity index is 1230. The summed E-state index contributed by atoms with van der Waals surface area (Å²) in [7, 11) is 3.99. The zero-order valence-corrected chi connectivity index (χ0v) is 21.0. The lowest BCUT2D eigenvalue weighted by Gasteiger charge is -2.20. The third-order valence-electron chi connectivity index (χ3n) is 5.72. The fourth-order valence-corrected chi connectivity index (χ4v) is 3.72. The molecule has 1 atom stereocenters. The van der Waals surface area contributed by atoms with E-state index in [9.17, 15) is 9.59 Å². The molecule has 0 radical (unpaired) electrons. The van der Waals surface area contributed by atoms with Gasteiger partial charge in [0.25, 0.3) is 5.91 Å². The summed E-state index contributed by atoms with van der Waals surface area (Å²) in [6.07, 6.45) is 8.65. The molecule has 0 spiro atoms. The maximum atomic E-state index is 12.2. The number of aromatic nitrogens is 2. The topological polar surface area (TPSA) is 134 Å². The van der Waals surface area contributed by atoms with Crippen LogP contribution in [0.2, 0.25) is 0 Å². The molecule has 37 heavy (non-hydrogen) atoms. The zero-order valence-electron chi connectivity index (χ0n) is 21.0. The number of hydrogen-bond donors (Lipinski definition) is 2. The SMILES string of the molecule is CN(C)CCOc1cccc(-c2noc(CCC(=O)NCCCNC3=C4C=CC=CC4C(=O)N=N3)n2)c1. The van der Waals surface area contributed by atoms with Crippen molar-refractivity contribution in [3.8, 4) is 17.1 Å². The Morgan fingerprint density at radius 3 is 2.95 bits per heavy atom. The van der Waals surface area contributed by atoms with Gasteiger partial charge in [-0.25, -0.2) is 0 Å². The van der Waals surface area contributed by atoms with Crippen LogP contribution in [-0.2, 0) is 16.0 Å². The third-order valence-corrected chi connectivity index (χ3v) is 5.72. The first-order chi connectivity index (χ1) is 18.0. The average Bonchev–Trinajstić information content (AvgIpc) is 3.38. The van der Waals surface area contributed by atoms with Gasteiger partial charge in [0.2, 0.25) is 17.6 Å². The highest BCUT2D eigenvalue weighted by Crippen LogP contribution is 2.27. The summed E-state index contributed by atoms with van der Waals surface area (Å²) in [6, 6.07) is 7.53. The highest BCUT2D eigenvalue weighted by atomic mass is 16.5. The normalized spacial score (nSPS) is 16.3. The van der Waals surface area contributed by atoms with Gasteiger partial charge >= 0.3 is 0 Å². The summed E-state index contributed by atoms with van der Waals surface area (Å²) in [6.45, 7) is 2.48. The first-order valence-corrected chi connectivity index (χ1v) is 12.3. The third kappa shape index (κ3) is 7.43. The van der Waals surface area contributed by atoms with E-state index in [0.717, 1.165) is 23.4 Å². The Kier molecular flexibility index (Phi) is 8.93. The van der Waals surface area contributed by atoms with Gasteiger partial charge in [0, 0.05) is 43.6 Å². The Hall–Kier alpha value is -4.12. The van der Waals surface area contributed by atoms with Crippen molar-refractivity contribution in [3.05, 3.63) is 65.9 Å². The number of nitrogens with zero attached hydrogens (tertiary/aromatic N) is 5. The quantitative estimate of drug-likeness (QED) is 0.397. The van der Waals surface area contributed by atoms with Gasteiger partial charge in [-0.1, -0.05) is 41.6 Å². The van der Waals surface area contributed by atoms with Crippen molar-refractivity contribution in [1.82, 2.24) is 25.7 Å². The Morgan fingerprint density at radius 2 is 2.08 bits per heavy atom. The number of nitrogens with one attached hydrogen (secondary N) is 2. The Labute approximate surface area is 215 Å². The fourth-order valence-electron chi connectivity index (χ4n) is 3.72. The van der Waals surface area contributed by atoms with E-state index in [-0.39, 0.29) is 24.2 Å². The van der Waals surface area contributed by atoms with Crippen LogP contribution < -0.4 is 15.4 Å². The second-order valence-corrected chi connectivity index (χ2v) is 8.89. The van der Waals surface area contributed by atoms with Gasteiger partial charge in [-0.2, -0.15) is 4.98 Å². The molecule has 1 unspecified atom stereocenters. The molecule has 1 aromatic carbocycles. The van der Waals surface area contributed by atoms with Crippen molar-refractivity contribution in [3.63, 3.8) is 0 Å². The van der Waals surface area contributed by atoms with E-state index >= 15 is 0 Å². The fraction of sp³-hybridized carbons (Fsp3) is 0.385. The molecule has 1 aliphatic carbocycles. The van der Waals surface area contributed by atoms with Crippen LogP contribution >= 0.6 is 0 Å². The van der Waals surface area contributed by atoms with Crippen molar-refractivity contribution < 1.29 is 18.8 Å². The smallest absolute Gasteiger partial charge is 0.276 e. The van der Waals surface area contributed by atoms with Crippen molar-refractivity contribution in [2.45, 2.75) is 19.3 Å². The zero-order chi connectivity index (χ0) is 26.0. The molecule has 0 bridgehead atoms. The molecule has 2 aromatic rings. The van der Waals surface area contributed by atoms with E-state index in [0.29, 0.717) is 50.1 Å². The average molecular weight is 506 g/mol. The van der Waals surface area contributed by atoms with Crippen molar-refractivity contribution in [1.29, 1.82) is 0 Å². The van der Waals surface area contributed by atoms with E-state index in [1.807, 2.05) is 62.7 Å². The second-order valence-electron chi connectivity index (χ2n) is 8.89. The molecule has 0 fully saturated rings. The first-order valence-electron chi connectivity index (χ1n) is 12.3. The second kappa shape index (κ2) is 12.7. The summed E-state index contributed by atoms with van der Waals surface area (Å²) < 4.78 is 11.1. The summed E-state index contributed by atoms with van der Waals surface area (Å²) in [5.41, 5.74) is 1.60. The van der Waals surface area contributed by atoms with Crippen molar-refractivity contribution in [2.24, 2.45) is 16.1 Å². The van der Waals surface area contributed by atoms with Crippen LogP contribution in [0.1, 0.15) is 18.7 Å². The number of fused-ring (bicyclic) bond motifs is 1. The van der Waals surface area contributed by atoms with Gasteiger partial charge < -0.3 is 24.8 Å². The van der Waals surface area contributed by atoms with Gasteiger partial charge in [-0.05, 0) is 32.6 Å². The summed E-state index contributed by atoms with van der Waals surface area (Å²) >= 11 is 0. The van der Waals surface area contributed by atoms with Crippen LogP contribution in [0.5, 0.6) is 5.75 Å². The molecule has 2 N–H and O–H groups in total. The number of likely N-dealkylation sites (N-methyl/N-ethyl adjacent to an activating group) is 1. The summed E-state index contributed by atoms with van der Waals surface area (Å²) in [5, 5.41) is 17.8. The van der Waals surface area contributed by atoms with Gasteiger partial charge in [-0.15, -0.1) is 10.2 Å². The number of carbonyl (C=O) groups excluding carboxylic acids is 2. The largest absolute Gasteiger partial charge is 0.492 e. The molecule has 4 rings (SSSR count). The standard InChI is InChI=1S/C26H31N7O4/c1-33(2)15-16-36-19-8-5-7-18(17-19)24-29-23(37-32-24)12-11-22(34)27-13-6-14-28-25-20-9-3-4-10-21(20)26(35)31-30-25/h3-5,7-10,17,21,28H,6,11-16H2,1-2H3,(H,27,34). The minimum atomic E-state index is -0.375. The highest BCUT2D eigenvalue weighted by Gasteiger charge is 2.26. The van der Waals surface area contributed by atoms with Gasteiger partial charge in [0.05, 0.1) is 5.92 Å². The lowest BCUT2D eigenvalue weighted by atomic mass is 9.93. The van der Waals surface area contributed by atoms with E-state index < -0.39 is 0 Å². The molecular weight excluding hydrogens is 474 g/mol. The molecule has 0 saturated heterocycles. The highest BCUT2D eigenvalue weighted by molar-refractivity contribution is 5.86. The van der Waals surface area contributed by atoms with Crippen molar-refractivity contribution in [2.75, 3.05) is 40.3 Å². The van der Waals surface area contributed by atoms with Crippen LogP contribution in [0.4, 0.5) is 0 Å². The van der Waals surface area contributed by atoms with E-state index in [1.165, 1.54) is 0 Å². The number of hydrogen-bond acceptors (Lipinski definition) is 9. The molecular formula is C26H31N7O4. The van der Waals surface area contributed by atoms with Gasteiger partial charge in [-0.3, -0.25) is 9.59 Å². The monoisotopic (exact) mass is 505 g/mol. The van der Waals surface area contributed by atoms with Crippen LogP contribution in [-0.4, -0.2) is 67.2 Å². The number of aryl methyl sites for hydroxylation is 1. The lowest BCUT2D eigenvalue weighted by molar-refractivity contribution is -0.121. The molecule has 1 aromatic heterocycles. The van der Waals surface area contributed by atoms with E-state index in [1.54, 1.807) is 0 Å². The number of rotatable bonds is 13.